The normalized spacial score (nSPS) is 14.8. The van der Waals surface area contributed by atoms with Gasteiger partial charge in [0.1, 0.15) is 0 Å². The maximum Gasteiger partial charge on any atom is 0.269 e. The molecule has 1 aliphatic heterocycles. The van der Waals surface area contributed by atoms with Crippen LogP contribution in [-0.4, -0.2) is 52.6 Å². The van der Waals surface area contributed by atoms with Gasteiger partial charge >= 0.3 is 0 Å². The van der Waals surface area contributed by atoms with Crippen molar-refractivity contribution in [2.24, 2.45) is 0 Å². The van der Waals surface area contributed by atoms with Crippen LogP contribution in [0.5, 0.6) is 0 Å². The lowest BCUT2D eigenvalue weighted by Crippen LogP contribution is -2.48. The van der Waals surface area contributed by atoms with E-state index in [-0.39, 0.29) is 17.4 Å². The number of nitro groups is 1. The van der Waals surface area contributed by atoms with E-state index in [1.54, 1.807) is 41.3 Å². The maximum absolute atomic E-state index is 12.8. The summed E-state index contributed by atoms with van der Waals surface area (Å²) in [5.74, 6) is -0.251. The van der Waals surface area contributed by atoms with Crippen molar-refractivity contribution in [1.82, 2.24) is 9.80 Å². The van der Waals surface area contributed by atoms with Gasteiger partial charge in [0, 0.05) is 50.4 Å². The summed E-state index contributed by atoms with van der Waals surface area (Å²) in [5, 5.41) is 10.9. The summed E-state index contributed by atoms with van der Waals surface area (Å²) in [5.41, 5.74) is 1.85. The van der Waals surface area contributed by atoms with Gasteiger partial charge in [-0.2, -0.15) is 0 Å². The van der Waals surface area contributed by atoms with Crippen molar-refractivity contribution in [3.05, 3.63) is 75.3 Å². The number of carbonyl (C=O) groups is 2. The highest BCUT2D eigenvalue weighted by molar-refractivity contribution is 6.07. The first-order chi connectivity index (χ1) is 13.0. The average molecular weight is 367 g/mol. The Kier molecular flexibility index (Phi) is 5.61. The average Bonchev–Trinajstić information content (AvgIpc) is 2.68. The van der Waals surface area contributed by atoms with Crippen molar-refractivity contribution in [2.45, 2.75) is 13.5 Å². The van der Waals surface area contributed by atoms with Crippen LogP contribution in [0.1, 0.15) is 33.2 Å². The number of piperazine rings is 1. The monoisotopic (exact) mass is 367 g/mol. The summed E-state index contributed by atoms with van der Waals surface area (Å²) < 4.78 is 0. The Morgan fingerprint density at radius 2 is 1.67 bits per heavy atom. The van der Waals surface area contributed by atoms with Gasteiger partial charge in [-0.3, -0.25) is 24.6 Å². The molecule has 7 nitrogen and oxygen atoms in total. The molecule has 3 rings (SSSR count). The molecule has 0 saturated carbocycles. The SMILES string of the molecule is CC(=O)c1ccccc1C(=O)N1CCN(Cc2cccc([N+](=O)[O-])c2)CC1. The van der Waals surface area contributed by atoms with Crippen LogP contribution >= 0.6 is 0 Å². The van der Waals surface area contributed by atoms with Crippen LogP contribution in [0.15, 0.2) is 48.5 Å². The van der Waals surface area contributed by atoms with Crippen LogP contribution in [0.25, 0.3) is 0 Å². The quantitative estimate of drug-likeness (QED) is 0.461. The molecule has 1 amide bonds. The summed E-state index contributed by atoms with van der Waals surface area (Å²) >= 11 is 0. The van der Waals surface area contributed by atoms with Crippen molar-refractivity contribution >= 4 is 17.4 Å². The number of amides is 1. The van der Waals surface area contributed by atoms with E-state index >= 15 is 0 Å². The predicted octanol–water partition coefficient (Wildman–Crippen LogP) is 2.76. The summed E-state index contributed by atoms with van der Waals surface area (Å²) in [7, 11) is 0. The lowest BCUT2D eigenvalue weighted by molar-refractivity contribution is -0.384. The topological polar surface area (TPSA) is 83.8 Å². The molecule has 1 fully saturated rings. The molecule has 1 aliphatic rings. The summed E-state index contributed by atoms with van der Waals surface area (Å²) in [6.45, 7) is 4.53. The number of hydrogen-bond acceptors (Lipinski definition) is 5. The molecule has 0 radical (unpaired) electrons. The van der Waals surface area contributed by atoms with E-state index in [0.717, 1.165) is 5.56 Å². The molecule has 0 unspecified atom stereocenters. The molecular formula is C20H21N3O4. The van der Waals surface area contributed by atoms with Crippen LogP contribution < -0.4 is 0 Å². The number of non-ortho nitro benzene ring substituents is 1. The van der Waals surface area contributed by atoms with Crippen molar-refractivity contribution in [3.8, 4) is 0 Å². The molecule has 0 N–H and O–H groups in total. The Labute approximate surface area is 157 Å². The molecule has 0 atom stereocenters. The third kappa shape index (κ3) is 4.38. The summed E-state index contributed by atoms with van der Waals surface area (Å²) in [6, 6.07) is 13.5. The molecule has 0 bridgehead atoms. The molecule has 0 spiro atoms. The highest BCUT2D eigenvalue weighted by atomic mass is 16.6. The minimum atomic E-state index is -0.396. The second kappa shape index (κ2) is 8.09. The third-order valence-electron chi connectivity index (χ3n) is 4.72. The van der Waals surface area contributed by atoms with E-state index in [2.05, 4.69) is 4.90 Å². The van der Waals surface area contributed by atoms with Gasteiger partial charge in [-0.1, -0.05) is 30.3 Å². The Morgan fingerprint density at radius 3 is 2.30 bits per heavy atom. The number of nitro benzene ring substituents is 1. The Bertz CT molecular complexity index is 873. The standard InChI is InChI=1S/C20H21N3O4/c1-15(24)18-7-2-3-8-19(18)20(25)22-11-9-21(10-12-22)14-16-5-4-6-17(13-16)23(26)27/h2-8,13H,9-12,14H2,1H3. The van der Waals surface area contributed by atoms with E-state index in [1.165, 1.54) is 13.0 Å². The summed E-state index contributed by atoms with van der Waals surface area (Å²) in [4.78, 5) is 39.0. The van der Waals surface area contributed by atoms with Crippen molar-refractivity contribution in [2.75, 3.05) is 26.2 Å². The van der Waals surface area contributed by atoms with Crippen LogP contribution in [0.3, 0.4) is 0 Å². The first kappa shape index (κ1) is 18.7. The number of rotatable bonds is 5. The second-order valence-corrected chi connectivity index (χ2v) is 6.60. The first-order valence-corrected chi connectivity index (χ1v) is 8.80. The van der Waals surface area contributed by atoms with E-state index < -0.39 is 4.92 Å². The Balaban J connectivity index is 1.62. The molecule has 140 valence electrons. The van der Waals surface area contributed by atoms with Crippen molar-refractivity contribution < 1.29 is 14.5 Å². The number of hydrogen-bond donors (Lipinski definition) is 0. The molecule has 0 aromatic heterocycles. The van der Waals surface area contributed by atoms with Gasteiger partial charge < -0.3 is 4.90 Å². The lowest BCUT2D eigenvalue weighted by atomic mass is 10.0. The number of benzene rings is 2. The van der Waals surface area contributed by atoms with E-state index in [1.807, 2.05) is 6.07 Å². The molecule has 2 aromatic rings. The molecule has 7 heteroatoms. The highest BCUT2D eigenvalue weighted by Gasteiger charge is 2.24. The molecule has 27 heavy (non-hydrogen) atoms. The van der Waals surface area contributed by atoms with Gasteiger partial charge in [0.2, 0.25) is 0 Å². The van der Waals surface area contributed by atoms with Crippen LogP contribution in [-0.2, 0) is 6.54 Å². The zero-order chi connectivity index (χ0) is 19.4. The third-order valence-corrected chi connectivity index (χ3v) is 4.72. The molecule has 2 aromatic carbocycles. The highest BCUT2D eigenvalue weighted by Crippen LogP contribution is 2.17. The zero-order valence-corrected chi connectivity index (χ0v) is 15.1. The van der Waals surface area contributed by atoms with E-state index in [9.17, 15) is 19.7 Å². The number of Topliss-reactive ketones (excluding diaryl/α,β-unsaturated/α-hetero) is 1. The maximum atomic E-state index is 12.8. The number of carbonyl (C=O) groups excluding carboxylic acids is 2. The predicted molar refractivity (Wildman–Crippen MR) is 101 cm³/mol. The molecule has 1 saturated heterocycles. The Hall–Kier alpha value is -3.06. The Morgan fingerprint density at radius 1 is 1.00 bits per heavy atom. The number of nitrogens with zero attached hydrogens (tertiary/aromatic N) is 3. The van der Waals surface area contributed by atoms with Crippen molar-refractivity contribution in [3.63, 3.8) is 0 Å². The van der Waals surface area contributed by atoms with Gasteiger partial charge in [0.05, 0.1) is 10.5 Å². The molecular weight excluding hydrogens is 346 g/mol. The fourth-order valence-electron chi connectivity index (χ4n) is 3.28. The minimum absolute atomic E-state index is 0.0853. The van der Waals surface area contributed by atoms with Crippen LogP contribution in [0, 0.1) is 10.1 Å². The van der Waals surface area contributed by atoms with Gasteiger partial charge in [-0.15, -0.1) is 0 Å². The number of ketones is 1. The minimum Gasteiger partial charge on any atom is -0.336 e. The van der Waals surface area contributed by atoms with Crippen LogP contribution in [0.4, 0.5) is 5.69 Å². The lowest BCUT2D eigenvalue weighted by Gasteiger charge is -2.35. The first-order valence-electron chi connectivity index (χ1n) is 8.80. The summed E-state index contributed by atoms with van der Waals surface area (Å²) in [6.07, 6.45) is 0. The molecule has 0 aliphatic carbocycles. The van der Waals surface area contributed by atoms with Crippen molar-refractivity contribution in [1.29, 1.82) is 0 Å². The fourth-order valence-corrected chi connectivity index (χ4v) is 3.28. The van der Waals surface area contributed by atoms with Gasteiger partial charge in [-0.05, 0) is 18.6 Å². The van der Waals surface area contributed by atoms with Gasteiger partial charge in [0.15, 0.2) is 5.78 Å². The fraction of sp³-hybridized carbons (Fsp3) is 0.300. The molecule has 1 heterocycles. The smallest absolute Gasteiger partial charge is 0.269 e. The van der Waals surface area contributed by atoms with Gasteiger partial charge in [-0.25, -0.2) is 0 Å². The zero-order valence-electron chi connectivity index (χ0n) is 15.1. The second-order valence-electron chi connectivity index (χ2n) is 6.60. The largest absolute Gasteiger partial charge is 0.336 e. The van der Waals surface area contributed by atoms with Gasteiger partial charge in [0.25, 0.3) is 11.6 Å². The van der Waals surface area contributed by atoms with E-state index in [4.69, 9.17) is 0 Å². The van der Waals surface area contributed by atoms with Crippen LogP contribution in [0.2, 0.25) is 0 Å². The van der Waals surface area contributed by atoms with E-state index in [0.29, 0.717) is 43.9 Å².